The first kappa shape index (κ1) is 18.4. The van der Waals surface area contributed by atoms with Gasteiger partial charge in [0.2, 0.25) is 0 Å². The van der Waals surface area contributed by atoms with Gasteiger partial charge in [-0.25, -0.2) is 0 Å². The highest BCUT2D eigenvalue weighted by Crippen LogP contribution is 2.25. The molecule has 0 fully saturated rings. The maximum absolute atomic E-state index is 4.40. The Morgan fingerprint density at radius 1 is 0.893 bits per heavy atom. The van der Waals surface area contributed by atoms with Crippen molar-refractivity contribution < 1.29 is 0 Å². The van der Waals surface area contributed by atoms with Gasteiger partial charge >= 0.3 is 0 Å². The minimum absolute atomic E-state index is 0.919. The lowest BCUT2D eigenvalue weighted by atomic mass is 10.0. The molecule has 4 rings (SSSR count). The maximum Gasteiger partial charge on any atom is 0.168 e. The molecule has 4 heteroatoms. The van der Waals surface area contributed by atoms with Crippen molar-refractivity contribution >= 4 is 5.65 Å². The van der Waals surface area contributed by atoms with Crippen LogP contribution in [0.5, 0.6) is 0 Å². The number of fused-ring (bicyclic) bond motifs is 1. The summed E-state index contributed by atoms with van der Waals surface area (Å²) in [6.45, 7) is 3.12. The fraction of sp³-hybridized carbons (Fsp3) is 0.250. The Balaban J connectivity index is 1.61. The van der Waals surface area contributed by atoms with E-state index >= 15 is 0 Å². The predicted molar refractivity (Wildman–Crippen MR) is 114 cm³/mol. The standard InChI is InChI=1S/C24H26N4/c1-18-6-4-5-7-20(18)12-13-22-14-15-23(24-26-25-17-28(22)24)21-10-8-19(9-11-21)16-27(2)3/h4-11,14-15,17H,12-13,16H2,1-3H3. The highest BCUT2D eigenvalue weighted by Gasteiger charge is 2.10. The SMILES string of the molecule is Cc1ccccc1CCc1ccc(-c2ccc(CN(C)C)cc2)c2nncn12. The maximum atomic E-state index is 4.40. The van der Waals surface area contributed by atoms with Crippen LogP contribution >= 0.6 is 0 Å². The van der Waals surface area contributed by atoms with Gasteiger partial charge in [0.05, 0.1) is 0 Å². The molecule has 0 aliphatic heterocycles. The highest BCUT2D eigenvalue weighted by molar-refractivity contribution is 5.77. The van der Waals surface area contributed by atoms with E-state index in [0.717, 1.165) is 30.6 Å². The van der Waals surface area contributed by atoms with Crippen LogP contribution in [-0.4, -0.2) is 33.6 Å². The molecule has 0 saturated heterocycles. The van der Waals surface area contributed by atoms with Crippen LogP contribution in [0.2, 0.25) is 0 Å². The van der Waals surface area contributed by atoms with Crippen LogP contribution in [0.3, 0.4) is 0 Å². The zero-order valence-electron chi connectivity index (χ0n) is 16.8. The first-order valence-corrected chi connectivity index (χ1v) is 9.72. The van der Waals surface area contributed by atoms with Crippen LogP contribution in [0.4, 0.5) is 0 Å². The molecule has 0 N–H and O–H groups in total. The summed E-state index contributed by atoms with van der Waals surface area (Å²) in [5.74, 6) is 0. The minimum atomic E-state index is 0.919. The molecule has 0 saturated carbocycles. The Bertz CT molecular complexity index is 1080. The molecule has 0 unspecified atom stereocenters. The van der Waals surface area contributed by atoms with Crippen molar-refractivity contribution in [2.24, 2.45) is 0 Å². The summed E-state index contributed by atoms with van der Waals surface area (Å²) >= 11 is 0. The van der Waals surface area contributed by atoms with E-state index in [-0.39, 0.29) is 0 Å². The number of benzene rings is 2. The molecule has 0 bridgehead atoms. The second kappa shape index (κ2) is 7.95. The Hall–Kier alpha value is -2.98. The van der Waals surface area contributed by atoms with Gasteiger partial charge in [0.15, 0.2) is 5.65 Å². The summed E-state index contributed by atoms with van der Waals surface area (Å²) in [4.78, 5) is 2.18. The topological polar surface area (TPSA) is 33.4 Å². The smallest absolute Gasteiger partial charge is 0.168 e. The molecule has 0 aliphatic rings. The van der Waals surface area contributed by atoms with E-state index in [1.807, 2.05) is 6.33 Å². The van der Waals surface area contributed by atoms with Crippen molar-refractivity contribution in [3.8, 4) is 11.1 Å². The first-order chi connectivity index (χ1) is 13.6. The number of nitrogens with zero attached hydrogens (tertiary/aromatic N) is 4. The molecule has 142 valence electrons. The molecule has 2 aromatic carbocycles. The molecule has 0 aliphatic carbocycles. The third-order valence-electron chi connectivity index (χ3n) is 5.22. The summed E-state index contributed by atoms with van der Waals surface area (Å²) in [6, 6.07) is 21.7. The number of pyridine rings is 1. The van der Waals surface area contributed by atoms with E-state index in [4.69, 9.17) is 0 Å². The third-order valence-corrected chi connectivity index (χ3v) is 5.22. The zero-order chi connectivity index (χ0) is 19.5. The summed E-state index contributed by atoms with van der Waals surface area (Å²) < 4.78 is 2.13. The molecule has 2 aromatic heterocycles. The Labute approximate surface area is 166 Å². The van der Waals surface area contributed by atoms with Crippen LogP contribution in [0.1, 0.15) is 22.4 Å². The molecule has 0 spiro atoms. The summed E-state index contributed by atoms with van der Waals surface area (Å²) in [5.41, 5.74) is 8.49. The Morgan fingerprint density at radius 2 is 1.68 bits per heavy atom. The molecule has 2 heterocycles. The van der Waals surface area contributed by atoms with Gasteiger partial charge in [0.1, 0.15) is 6.33 Å². The molecule has 4 nitrogen and oxygen atoms in total. The number of rotatable bonds is 6. The van der Waals surface area contributed by atoms with Crippen molar-refractivity contribution in [2.75, 3.05) is 14.1 Å². The van der Waals surface area contributed by atoms with Crippen molar-refractivity contribution in [2.45, 2.75) is 26.3 Å². The van der Waals surface area contributed by atoms with Gasteiger partial charge in [0, 0.05) is 17.8 Å². The molecular weight excluding hydrogens is 344 g/mol. The summed E-state index contributed by atoms with van der Waals surface area (Å²) in [5, 5.41) is 8.59. The molecule has 0 atom stereocenters. The second-order valence-electron chi connectivity index (χ2n) is 7.62. The van der Waals surface area contributed by atoms with Crippen molar-refractivity contribution in [3.63, 3.8) is 0 Å². The lowest BCUT2D eigenvalue weighted by Gasteiger charge is -2.12. The van der Waals surface area contributed by atoms with Gasteiger partial charge in [-0.1, -0.05) is 48.5 Å². The summed E-state index contributed by atoms with van der Waals surface area (Å²) in [7, 11) is 4.17. The van der Waals surface area contributed by atoms with E-state index in [9.17, 15) is 0 Å². The summed E-state index contributed by atoms with van der Waals surface area (Å²) in [6.07, 6.45) is 3.80. The van der Waals surface area contributed by atoms with Crippen LogP contribution in [0.25, 0.3) is 16.8 Å². The normalized spacial score (nSPS) is 11.4. The zero-order valence-corrected chi connectivity index (χ0v) is 16.8. The fourth-order valence-electron chi connectivity index (χ4n) is 3.70. The third kappa shape index (κ3) is 3.82. The van der Waals surface area contributed by atoms with Crippen molar-refractivity contribution in [1.29, 1.82) is 0 Å². The quantitative estimate of drug-likeness (QED) is 0.499. The average Bonchev–Trinajstić information content (AvgIpc) is 3.18. The van der Waals surface area contributed by atoms with Gasteiger partial charge in [-0.2, -0.15) is 0 Å². The lowest BCUT2D eigenvalue weighted by molar-refractivity contribution is 0.402. The van der Waals surface area contributed by atoms with E-state index in [0.29, 0.717) is 0 Å². The van der Waals surface area contributed by atoms with E-state index in [1.165, 1.54) is 27.9 Å². The lowest BCUT2D eigenvalue weighted by Crippen LogP contribution is -2.10. The van der Waals surface area contributed by atoms with Crippen molar-refractivity contribution in [3.05, 3.63) is 89.4 Å². The monoisotopic (exact) mass is 370 g/mol. The van der Waals surface area contributed by atoms with Crippen molar-refractivity contribution in [1.82, 2.24) is 19.5 Å². The molecule has 4 aromatic rings. The second-order valence-corrected chi connectivity index (χ2v) is 7.62. The number of hydrogen-bond acceptors (Lipinski definition) is 3. The predicted octanol–water partition coefficient (Wildman–Crippen LogP) is 4.55. The molecule has 28 heavy (non-hydrogen) atoms. The highest BCUT2D eigenvalue weighted by atomic mass is 15.2. The van der Waals surface area contributed by atoms with E-state index < -0.39 is 0 Å². The van der Waals surface area contributed by atoms with Gasteiger partial charge in [0.25, 0.3) is 0 Å². The van der Waals surface area contributed by atoms with Gasteiger partial charge in [-0.15, -0.1) is 10.2 Å². The molecular formula is C24H26N4. The number of aromatic nitrogens is 3. The molecule has 0 radical (unpaired) electrons. The van der Waals surface area contributed by atoms with Crippen LogP contribution in [-0.2, 0) is 19.4 Å². The largest absolute Gasteiger partial charge is 0.305 e. The van der Waals surface area contributed by atoms with E-state index in [1.54, 1.807) is 0 Å². The average molecular weight is 371 g/mol. The van der Waals surface area contributed by atoms with Gasteiger partial charge in [-0.3, -0.25) is 4.40 Å². The van der Waals surface area contributed by atoms with Gasteiger partial charge in [-0.05, 0) is 68.2 Å². The Morgan fingerprint density at radius 3 is 2.43 bits per heavy atom. The fourth-order valence-corrected chi connectivity index (χ4v) is 3.70. The number of aryl methyl sites for hydroxylation is 3. The van der Waals surface area contributed by atoms with Crippen LogP contribution < -0.4 is 0 Å². The Kier molecular flexibility index (Phi) is 5.22. The first-order valence-electron chi connectivity index (χ1n) is 9.72. The number of hydrogen-bond donors (Lipinski definition) is 0. The van der Waals surface area contributed by atoms with Crippen LogP contribution in [0, 0.1) is 6.92 Å². The van der Waals surface area contributed by atoms with Crippen LogP contribution in [0.15, 0.2) is 67.0 Å². The molecule has 0 amide bonds. The minimum Gasteiger partial charge on any atom is -0.305 e. The van der Waals surface area contributed by atoms with E-state index in [2.05, 4.69) is 101 Å². The van der Waals surface area contributed by atoms with Gasteiger partial charge < -0.3 is 4.90 Å².